The van der Waals surface area contributed by atoms with Crippen LogP contribution in [0.25, 0.3) is 16.7 Å². The quantitative estimate of drug-likeness (QED) is 0.602. The summed E-state index contributed by atoms with van der Waals surface area (Å²) in [4.78, 5) is 2.57. The monoisotopic (exact) mass is 383 g/mol. The van der Waals surface area contributed by atoms with Crippen molar-refractivity contribution in [3.63, 3.8) is 0 Å². The van der Waals surface area contributed by atoms with Crippen LogP contribution in [-0.4, -0.2) is 24.5 Å². The lowest BCUT2D eigenvalue weighted by Gasteiger charge is -2.29. The highest BCUT2D eigenvalue weighted by Gasteiger charge is 2.14. The van der Waals surface area contributed by atoms with E-state index in [0.29, 0.717) is 0 Å². The molecule has 1 fully saturated rings. The van der Waals surface area contributed by atoms with Crippen LogP contribution in [0.2, 0.25) is 0 Å². The Hall–Kier alpha value is -1.38. The van der Waals surface area contributed by atoms with Gasteiger partial charge in [0.25, 0.3) is 0 Å². The molecule has 2 heteroatoms. The molecule has 0 aromatic heterocycles. The van der Waals surface area contributed by atoms with Crippen LogP contribution in [0.1, 0.15) is 32.3 Å². The fraction of sp³-hybridized carbons (Fsp3) is 0.364. The number of hydrogen-bond donors (Lipinski definition) is 0. The number of nitrogens with zero attached hydrogens (tertiary/aromatic N) is 1. The highest BCUT2D eigenvalue weighted by atomic mass is 79.9. The third-order valence-electron chi connectivity index (χ3n) is 5.05. The normalized spacial score (nSPS) is 17.2. The summed E-state index contributed by atoms with van der Waals surface area (Å²) in [7, 11) is 0. The first kappa shape index (κ1) is 17.4. The van der Waals surface area contributed by atoms with Crippen molar-refractivity contribution in [2.24, 2.45) is 5.92 Å². The van der Waals surface area contributed by atoms with Gasteiger partial charge in [0, 0.05) is 11.0 Å². The molecular formula is C22H26BrN. The van der Waals surface area contributed by atoms with Gasteiger partial charge >= 0.3 is 0 Å². The molecule has 0 N–H and O–H groups in total. The summed E-state index contributed by atoms with van der Waals surface area (Å²) in [6, 6.07) is 17.4. The van der Waals surface area contributed by atoms with Crippen LogP contribution in [0.3, 0.4) is 0 Å². The maximum atomic E-state index is 3.49. The Kier molecular flexibility index (Phi) is 5.91. The van der Waals surface area contributed by atoms with Gasteiger partial charge in [-0.3, -0.25) is 4.90 Å². The lowest BCUT2D eigenvalue weighted by molar-refractivity contribution is 0.210. The maximum absolute atomic E-state index is 3.49. The Balaban J connectivity index is 1.64. The second-order valence-electron chi connectivity index (χ2n) is 6.95. The van der Waals surface area contributed by atoms with Crippen molar-refractivity contribution in [3.8, 4) is 11.1 Å². The molecule has 1 heterocycles. The Morgan fingerprint density at radius 3 is 2.12 bits per heavy atom. The Morgan fingerprint density at radius 1 is 1.00 bits per heavy atom. The molecule has 24 heavy (non-hydrogen) atoms. The van der Waals surface area contributed by atoms with Gasteiger partial charge in [-0.2, -0.15) is 0 Å². The van der Waals surface area contributed by atoms with E-state index in [4.69, 9.17) is 0 Å². The minimum atomic E-state index is 0.900. The zero-order valence-electron chi connectivity index (χ0n) is 14.6. The molecule has 0 aliphatic carbocycles. The van der Waals surface area contributed by atoms with E-state index in [0.717, 1.165) is 16.9 Å². The van der Waals surface area contributed by atoms with Crippen molar-refractivity contribution >= 4 is 21.5 Å². The minimum Gasteiger partial charge on any atom is -0.300 e. The predicted molar refractivity (Wildman–Crippen MR) is 108 cm³/mol. The van der Waals surface area contributed by atoms with E-state index in [2.05, 4.69) is 89.3 Å². The number of halogens is 1. The summed E-state index contributed by atoms with van der Waals surface area (Å²) in [5.74, 6) is 0.900. The lowest BCUT2D eigenvalue weighted by atomic mass is 9.98. The molecule has 126 valence electrons. The van der Waals surface area contributed by atoms with Gasteiger partial charge in [0.15, 0.2) is 0 Å². The van der Waals surface area contributed by atoms with Crippen LogP contribution in [0.15, 0.2) is 59.1 Å². The topological polar surface area (TPSA) is 3.24 Å². The van der Waals surface area contributed by atoms with E-state index >= 15 is 0 Å². The molecular weight excluding hydrogens is 358 g/mol. The number of likely N-dealkylation sites (tertiary alicyclic amines) is 1. The minimum absolute atomic E-state index is 0.900. The van der Waals surface area contributed by atoms with Gasteiger partial charge in [-0.05, 0) is 73.2 Å². The molecule has 0 atom stereocenters. The van der Waals surface area contributed by atoms with E-state index in [9.17, 15) is 0 Å². The Bertz CT molecular complexity index is 677. The predicted octanol–water partition coefficient (Wildman–Crippen LogP) is 6.25. The van der Waals surface area contributed by atoms with E-state index in [1.165, 1.54) is 48.2 Å². The lowest BCUT2D eigenvalue weighted by Crippen LogP contribution is -2.32. The molecule has 1 nitrogen and oxygen atoms in total. The molecule has 1 aliphatic rings. The second kappa shape index (κ2) is 8.13. The summed E-state index contributed by atoms with van der Waals surface area (Å²) in [5.41, 5.74) is 5.22. The smallest absolute Gasteiger partial charge is 0.0175 e. The van der Waals surface area contributed by atoms with Crippen LogP contribution in [0, 0.1) is 5.92 Å². The van der Waals surface area contributed by atoms with E-state index in [1.807, 2.05) is 0 Å². The first-order valence-electron chi connectivity index (χ1n) is 8.87. The molecule has 2 aromatic rings. The fourth-order valence-electron chi connectivity index (χ4n) is 3.20. The molecule has 0 bridgehead atoms. The second-order valence-corrected chi connectivity index (χ2v) is 7.87. The van der Waals surface area contributed by atoms with E-state index in [1.54, 1.807) is 0 Å². The SMILES string of the molecule is CC(=CCN1CCC(C)CC1)c1ccc(-c2ccc(Br)cc2)cc1. The highest BCUT2D eigenvalue weighted by molar-refractivity contribution is 9.10. The van der Waals surface area contributed by atoms with Crippen molar-refractivity contribution < 1.29 is 0 Å². The average molecular weight is 384 g/mol. The van der Waals surface area contributed by atoms with Gasteiger partial charge in [0.05, 0.1) is 0 Å². The van der Waals surface area contributed by atoms with E-state index in [-0.39, 0.29) is 0 Å². The molecule has 0 radical (unpaired) electrons. The standard InChI is InChI=1S/C22H26BrN/c1-17-11-14-24(15-12-17)16-13-18(2)19-3-5-20(6-4-19)21-7-9-22(23)10-8-21/h3-10,13,17H,11-12,14-16H2,1-2H3. The first-order chi connectivity index (χ1) is 11.6. The van der Waals surface area contributed by atoms with Gasteiger partial charge in [-0.25, -0.2) is 0 Å². The van der Waals surface area contributed by atoms with Crippen LogP contribution in [-0.2, 0) is 0 Å². The zero-order valence-corrected chi connectivity index (χ0v) is 16.2. The molecule has 1 aliphatic heterocycles. The van der Waals surface area contributed by atoms with Gasteiger partial charge in [0.2, 0.25) is 0 Å². The first-order valence-corrected chi connectivity index (χ1v) is 9.66. The van der Waals surface area contributed by atoms with Crippen molar-refractivity contribution in [3.05, 3.63) is 64.6 Å². The van der Waals surface area contributed by atoms with Gasteiger partial charge in [0.1, 0.15) is 0 Å². The number of allylic oxidation sites excluding steroid dienone is 1. The van der Waals surface area contributed by atoms with Gasteiger partial charge in [-0.1, -0.05) is 65.3 Å². The number of piperidine rings is 1. The molecule has 0 spiro atoms. The molecule has 0 amide bonds. The van der Waals surface area contributed by atoms with Crippen LogP contribution >= 0.6 is 15.9 Å². The van der Waals surface area contributed by atoms with Crippen LogP contribution < -0.4 is 0 Å². The number of rotatable bonds is 4. The number of benzene rings is 2. The molecule has 0 unspecified atom stereocenters. The van der Waals surface area contributed by atoms with Crippen LogP contribution in [0.5, 0.6) is 0 Å². The maximum Gasteiger partial charge on any atom is 0.0175 e. The highest BCUT2D eigenvalue weighted by Crippen LogP contribution is 2.24. The third-order valence-corrected chi connectivity index (χ3v) is 5.58. The average Bonchev–Trinajstić information content (AvgIpc) is 2.62. The zero-order chi connectivity index (χ0) is 16.9. The summed E-state index contributed by atoms with van der Waals surface area (Å²) in [6.07, 6.45) is 5.06. The molecule has 2 aromatic carbocycles. The summed E-state index contributed by atoms with van der Waals surface area (Å²) in [6.45, 7) is 8.15. The summed E-state index contributed by atoms with van der Waals surface area (Å²) in [5, 5.41) is 0. The summed E-state index contributed by atoms with van der Waals surface area (Å²) >= 11 is 3.49. The summed E-state index contributed by atoms with van der Waals surface area (Å²) < 4.78 is 1.12. The van der Waals surface area contributed by atoms with E-state index < -0.39 is 0 Å². The van der Waals surface area contributed by atoms with Crippen molar-refractivity contribution in [1.29, 1.82) is 0 Å². The van der Waals surface area contributed by atoms with Crippen LogP contribution in [0.4, 0.5) is 0 Å². The van der Waals surface area contributed by atoms with Crippen molar-refractivity contribution in [2.45, 2.75) is 26.7 Å². The van der Waals surface area contributed by atoms with Gasteiger partial charge < -0.3 is 0 Å². The van der Waals surface area contributed by atoms with Gasteiger partial charge in [-0.15, -0.1) is 0 Å². The molecule has 3 rings (SSSR count). The molecule has 1 saturated heterocycles. The number of hydrogen-bond acceptors (Lipinski definition) is 1. The van der Waals surface area contributed by atoms with Crippen molar-refractivity contribution in [2.75, 3.05) is 19.6 Å². The molecule has 0 saturated carbocycles. The Labute approximate surface area is 154 Å². The fourth-order valence-corrected chi connectivity index (χ4v) is 3.46. The Morgan fingerprint density at radius 2 is 1.54 bits per heavy atom. The third kappa shape index (κ3) is 4.58. The largest absolute Gasteiger partial charge is 0.300 e. The van der Waals surface area contributed by atoms with Crippen molar-refractivity contribution in [1.82, 2.24) is 4.90 Å².